The SMILES string of the molecule is Nc1nc2c(ncn2[C@@H]2O[C@@H]3COP(=O)(O)O[C@@H]4C(O)[C@H](n5cnc6c(N)ccnc65)O[C@@H]4OCP(=O)(O)OC2[C@H]3O)c(=O)[nH]1. The number of pyridine rings is 1. The van der Waals surface area contributed by atoms with Crippen molar-refractivity contribution < 1.29 is 56.9 Å². The molecule has 22 nitrogen and oxygen atoms in total. The largest absolute Gasteiger partial charge is 0.472 e. The summed E-state index contributed by atoms with van der Waals surface area (Å²) in [6.07, 6.45) is -10.3. The molecular formula is C21H25N9O13P2. The Morgan fingerprint density at radius 1 is 0.933 bits per heavy atom. The van der Waals surface area contributed by atoms with Gasteiger partial charge >= 0.3 is 15.4 Å². The number of hydrogen-bond acceptors (Lipinski definition) is 17. The Hall–Kier alpha value is -3.37. The molecule has 24 heteroatoms. The van der Waals surface area contributed by atoms with E-state index in [2.05, 4.69) is 24.9 Å². The van der Waals surface area contributed by atoms with Crippen molar-refractivity contribution in [2.45, 2.75) is 49.3 Å². The average molecular weight is 673 g/mol. The van der Waals surface area contributed by atoms with Gasteiger partial charge in [0.15, 0.2) is 48.0 Å². The van der Waals surface area contributed by atoms with E-state index in [1.54, 1.807) is 0 Å². The molecule has 0 aromatic carbocycles. The third-order valence-electron chi connectivity index (χ3n) is 7.32. The number of H-pyrrole nitrogens is 1. The molecule has 0 amide bonds. The van der Waals surface area contributed by atoms with Crippen molar-refractivity contribution in [2.75, 3.05) is 24.4 Å². The number of fused-ring (bicyclic) bond motifs is 5. The molecule has 3 saturated heterocycles. The standard InChI is InChI=1S/C21H25N9O13P2/c22-7-1-2-24-15-9(7)25-4-29(15)18-12(32)14-20(41-18)38-6-44(34,35)42-13-11(31)8(3-39-45(36,37)43-14)40-19(13)30-5-26-10-16(30)27-21(23)28-17(10)33/h1-2,4-5,8,11-14,18-20,31-32H,3,6H2,(H2,22,24)(H,34,35)(H,36,37)(H3,23,27,28,33)/t8-,11+,12?,13?,14-,18-,19-,20+/m1/s1. The van der Waals surface area contributed by atoms with Crippen LogP contribution in [0.1, 0.15) is 12.5 Å². The monoisotopic (exact) mass is 673 g/mol. The Morgan fingerprint density at radius 2 is 1.67 bits per heavy atom. The third kappa shape index (κ3) is 5.33. The number of aliphatic hydroxyl groups excluding tert-OH is 2. The highest BCUT2D eigenvalue weighted by atomic mass is 31.2. The highest BCUT2D eigenvalue weighted by molar-refractivity contribution is 7.52. The number of nitrogen functional groups attached to an aromatic ring is 2. The van der Waals surface area contributed by atoms with Gasteiger partial charge in [0.05, 0.1) is 24.9 Å². The summed E-state index contributed by atoms with van der Waals surface area (Å²) < 4.78 is 61.5. The number of rotatable bonds is 2. The highest BCUT2D eigenvalue weighted by Crippen LogP contribution is 2.53. The van der Waals surface area contributed by atoms with Gasteiger partial charge in [-0.1, -0.05) is 0 Å². The van der Waals surface area contributed by atoms with Crippen LogP contribution in [0.25, 0.3) is 22.3 Å². The molecule has 7 rings (SSSR count). The molecule has 242 valence electrons. The predicted molar refractivity (Wildman–Crippen MR) is 146 cm³/mol. The van der Waals surface area contributed by atoms with Crippen molar-refractivity contribution in [3.8, 4) is 0 Å². The number of hydrogen-bond donors (Lipinski definition) is 7. The van der Waals surface area contributed by atoms with E-state index in [0.29, 0.717) is 0 Å². The van der Waals surface area contributed by atoms with Crippen LogP contribution >= 0.6 is 15.4 Å². The Balaban J connectivity index is 1.21. The summed E-state index contributed by atoms with van der Waals surface area (Å²) in [5, 5.41) is 22.1. The average Bonchev–Trinajstić information content (AvgIpc) is 3.72. The van der Waals surface area contributed by atoms with Crippen LogP contribution in [0.15, 0.2) is 29.7 Å². The zero-order valence-corrected chi connectivity index (χ0v) is 24.3. The second-order valence-corrected chi connectivity index (χ2v) is 13.4. The number of phosphoric ester groups is 1. The number of nitrogens with two attached hydrogens (primary N) is 2. The first-order valence-corrected chi connectivity index (χ1v) is 16.3. The molecule has 45 heavy (non-hydrogen) atoms. The van der Waals surface area contributed by atoms with Crippen molar-refractivity contribution in [1.29, 1.82) is 0 Å². The number of aromatic amines is 1. The molecule has 3 aliphatic rings. The van der Waals surface area contributed by atoms with Gasteiger partial charge in [-0.3, -0.25) is 37.0 Å². The van der Waals surface area contributed by atoms with Gasteiger partial charge in [-0.25, -0.2) is 19.5 Å². The maximum absolute atomic E-state index is 13.3. The number of anilines is 2. The van der Waals surface area contributed by atoms with E-state index in [1.165, 1.54) is 23.2 Å². The number of ether oxygens (including phenoxy) is 3. The van der Waals surface area contributed by atoms with Crippen molar-refractivity contribution in [3.63, 3.8) is 0 Å². The van der Waals surface area contributed by atoms with Crippen molar-refractivity contribution >= 4 is 49.4 Å². The van der Waals surface area contributed by atoms with E-state index in [-0.39, 0.29) is 34.0 Å². The number of aromatic nitrogens is 7. The Morgan fingerprint density at radius 3 is 2.44 bits per heavy atom. The molecule has 3 fully saturated rings. The van der Waals surface area contributed by atoms with Crippen LogP contribution in [-0.4, -0.2) is 104 Å². The van der Waals surface area contributed by atoms with Crippen molar-refractivity contribution in [2.24, 2.45) is 0 Å². The van der Waals surface area contributed by atoms with Gasteiger partial charge in [-0.15, -0.1) is 0 Å². The van der Waals surface area contributed by atoms with E-state index >= 15 is 0 Å². The second kappa shape index (κ2) is 10.9. The molecule has 0 radical (unpaired) electrons. The zero-order chi connectivity index (χ0) is 31.8. The zero-order valence-electron chi connectivity index (χ0n) is 22.5. The first kappa shape index (κ1) is 30.3. The fraction of sp³-hybridized carbons (Fsp3) is 0.476. The van der Waals surface area contributed by atoms with E-state index < -0.39 is 83.2 Å². The first-order valence-electron chi connectivity index (χ1n) is 13.1. The molecule has 2 bridgehead atoms. The highest BCUT2D eigenvalue weighted by Gasteiger charge is 2.54. The summed E-state index contributed by atoms with van der Waals surface area (Å²) >= 11 is 0. The van der Waals surface area contributed by atoms with Gasteiger partial charge in [0.25, 0.3) is 5.56 Å². The number of nitrogens with zero attached hydrogens (tertiary/aromatic N) is 6. The molecule has 0 spiro atoms. The van der Waals surface area contributed by atoms with E-state index in [1.807, 2.05) is 0 Å². The van der Waals surface area contributed by atoms with Crippen LogP contribution in [0, 0.1) is 0 Å². The Kier molecular flexibility index (Phi) is 7.32. The van der Waals surface area contributed by atoms with E-state index in [9.17, 15) is 33.9 Å². The molecule has 10 atom stereocenters. The molecule has 3 aliphatic heterocycles. The fourth-order valence-corrected chi connectivity index (χ4v) is 7.23. The molecule has 4 aromatic rings. The van der Waals surface area contributed by atoms with Crippen LogP contribution in [0.2, 0.25) is 0 Å². The van der Waals surface area contributed by atoms with Crippen LogP contribution < -0.4 is 17.0 Å². The quantitative estimate of drug-likeness (QED) is 0.116. The summed E-state index contributed by atoms with van der Waals surface area (Å²) in [6, 6.07) is 1.50. The smallest absolute Gasteiger partial charge is 0.397 e. The maximum Gasteiger partial charge on any atom is 0.472 e. The van der Waals surface area contributed by atoms with Gasteiger partial charge in [-0.2, -0.15) is 4.98 Å². The molecule has 0 saturated carbocycles. The minimum atomic E-state index is -5.08. The minimum Gasteiger partial charge on any atom is -0.397 e. The summed E-state index contributed by atoms with van der Waals surface area (Å²) in [5.74, 6) is -0.276. The number of nitrogens with one attached hydrogen (secondary N) is 1. The lowest BCUT2D eigenvalue weighted by Crippen LogP contribution is -2.35. The number of imidazole rings is 2. The predicted octanol–water partition coefficient (Wildman–Crippen LogP) is -1.74. The first-order chi connectivity index (χ1) is 21.3. The maximum atomic E-state index is 13.3. The van der Waals surface area contributed by atoms with Crippen molar-refractivity contribution in [3.05, 3.63) is 35.3 Å². The number of aliphatic hydroxyl groups is 2. The van der Waals surface area contributed by atoms with Crippen LogP contribution in [0.4, 0.5) is 11.6 Å². The molecular weight excluding hydrogens is 648 g/mol. The summed E-state index contributed by atoms with van der Waals surface area (Å²) in [6.45, 7) is -0.808. The van der Waals surface area contributed by atoms with Gasteiger partial charge in [0.1, 0.15) is 29.9 Å². The van der Waals surface area contributed by atoms with E-state index in [4.69, 9.17) is 39.2 Å². The molecule has 9 N–H and O–H groups in total. The lowest BCUT2D eigenvalue weighted by Gasteiger charge is -2.26. The summed E-state index contributed by atoms with van der Waals surface area (Å²) in [5.41, 5.74) is 11.4. The number of phosphoric acid groups is 1. The summed E-state index contributed by atoms with van der Waals surface area (Å²) in [4.78, 5) is 52.2. The Labute approximate surface area is 249 Å². The van der Waals surface area contributed by atoms with Gasteiger partial charge in [-0.05, 0) is 6.07 Å². The van der Waals surface area contributed by atoms with Crippen LogP contribution in [-0.2, 0) is 36.9 Å². The van der Waals surface area contributed by atoms with Gasteiger partial charge < -0.3 is 45.7 Å². The van der Waals surface area contributed by atoms with Gasteiger partial charge in [0, 0.05) is 6.20 Å². The van der Waals surface area contributed by atoms with E-state index in [0.717, 1.165) is 10.9 Å². The summed E-state index contributed by atoms with van der Waals surface area (Å²) in [7, 11) is -9.91. The molecule has 0 aliphatic carbocycles. The molecule has 4 unspecified atom stereocenters. The Bertz CT molecular complexity index is 1930. The molecule has 7 heterocycles. The van der Waals surface area contributed by atoms with Crippen LogP contribution in [0.3, 0.4) is 0 Å². The van der Waals surface area contributed by atoms with Crippen LogP contribution in [0.5, 0.6) is 0 Å². The lowest BCUT2D eigenvalue weighted by atomic mass is 10.1. The normalized spacial score (nSPS) is 37.7. The lowest BCUT2D eigenvalue weighted by molar-refractivity contribution is -0.167. The fourth-order valence-electron chi connectivity index (χ4n) is 5.30. The molecule has 4 aromatic heterocycles. The van der Waals surface area contributed by atoms with Crippen molar-refractivity contribution in [1.82, 2.24) is 34.1 Å². The third-order valence-corrected chi connectivity index (χ3v) is 9.35. The minimum absolute atomic E-state index is 0.115. The topological polar surface area (TPSA) is 317 Å². The second-order valence-electron chi connectivity index (χ2n) is 10.3. The van der Waals surface area contributed by atoms with Gasteiger partial charge in [0.2, 0.25) is 5.95 Å².